The minimum atomic E-state index is -2.68. The summed E-state index contributed by atoms with van der Waals surface area (Å²) < 4.78 is 31.2. The van der Waals surface area contributed by atoms with Gasteiger partial charge < -0.3 is 10.3 Å². The molecule has 0 saturated heterocycles. The molecule has 0 saturated carbocycles. The number of anilines is 1. The van der Waals surface area contributed by atoms with E-state index >= 15 is 0 Å². The lowest BCUT2D eigenvalue weighted by molar-refractivity contribution is 0.145. The molecule has 0 unspecified atom stereocenters. The first-order valence-corrected chi connectivity index (χ1v) is 4.12. The van der Waals surface area contributed by atoms with Gasteiger partial charge in [-0.1, -0.05) is 5.16 Å². The molecular formula is C8H8F2N4O. The molecule has 0 bridgehead atoms. The topological polar surface area (TPSA) is 69.9 Å². The van der Waals surface area contributed by atoms with Gasteiger partial charge in [0.05, 0.1) is 11.8 Å². The molecule has 2 aromatic heterocycles. The number of alkyl halides is 2. The molecule has 0 amide bonds. The molecule has 5 nitrogen and oxygen atoms in total. The number of aromatic nitrogens is 3. The molecule has 0 atom stereocenters. The van der Waals surface area contributed by atoms with Crippen LogP contribution in [0.5, 0.6) is 0 Å². The molecule has 0 aromatic carbocycles. The lowest BCUT2D eigenvalue weighted by Gasteiger charge is -1.96. The lowest BCUT2D eigenvalue weighted by Crippen LogP contribution is -1.92. The van der Waals surface area contributed by atoms with Gasteiger partial charge in [-0.25, -0.2) is 8.78 Å². The molecule has 15 heavy (non-hydrogen) atoms. The smallest absolute Gasteiger partial charge is 0.282 e. The monoisotopic (exact) mass is 214 g/mol. The van der Waals surface area contributed by atoms with Crippen LogP contribution in [0.1, 0.15) is 12.1 Å². The number of nitrogens with two attached hydrogens (primary N) is 1. The van der Waals surface area contributed by atoms with Crippen molar-refractivity contribution in [2.45, 2.75) is 6.43 Å². The summed E-state index contributed by atoms with van der Waals surface area (Å²) >= 11 is 0. The fourth-order valence-corrected chi connectivity index (χ4v) is 1.29. The Kier molecular flexibility index (Phi) is 2.14. The van der Waals surface area contributed by atoms with Crippen LogP contribution in [0.3, 0.4) is 0 Å². The molecule has 80 valence electrons. The van der Waals surface area contributed by atoms with Gasteiger partial charge in [-0.2, -0.15) is 5.10 Å². The molecule has 0 aliphatic carbocycles. The van der Waals surface area contributed by atoms with Gasteiger partial charge in [0.2, 0.25) is 0 Å². The Morgan fingerprint density at radius 3 is 2.80 bits per heavy atom. The highest BCUT2D eigenvalue weighted by atomic mass is 19.3. The number of rotatable bonds is 2. The third-order valence-electron chi connectivity index (χ3n) is 1.91. The highest BCUT2D eigenvalue weighted by Crippen LogP contribution is 2.32. The zero-order valence-electron chi connectivity index (χ0n) is 7.82. The standard InChI is InChI=1S/C8H8F2N4O/c1-14-3-4(6(13-14)8(9)10)7-5(11)2-12-15-7/h2-3,8H,11H2,1H3. The summed E-state index contributed by atoms with van der Waals surface area (Å²) in [4.78, 5) is 0. The Bertz CT molecular complexity index is 477. The number of halogens is 2. The SMILES string of the molecule is Cn1cc(-c2oncc2N)c(C(F)F)n1. The van der Waals surface area contributed by atoms with E-state index in [9.17, 15) is 8.78 Å². The summed E-state index contributed by atoms with van der Waals surface area (Å²) in [5.74, 6) is 0.124. The van der Waals surface area contributed by atoms with Crippen LogP contribution in [0.2, 0.25) is 0 Å². The van der Waals surface area contributed by atoms with Crippen molar-refractivity contribution in [2.75, 3.05) is 5.73 Å². The predicted octanol–water partition coefficient (Wildman–Crippen LogP) is 1.59. The Labute approximate surface area is 83.5 Å². The van der Waals surface area contributed by atoms with E-state index in [4.69, 9.17) is 10.3 Å². The van der Waals surface area contributed by atoms with Crippen molar-refractivity contribution in [3.05, 3.63) is 18.1 Å². The molecule has 2 N–H and O–H groups in total. The van der Waals surface area contributed by atoms with Gasteiger partial charge in [-0.05, 0) is 0 Å². The van der Waals surface area contributed by atoms with E-state index in [-0.39, 0.29) is 22.7 Å². The molecule has 7 heteroatoms. The largest absolute Gasteiger partial charge is 0.394 e. The second-order valence-corrected chi connectivity index (χ2v) is 3.01. The lowest BCUT2D eigenvalue weighted by atomic mass is 10.2. The molecule has 0 radical (unpaired) electrons. The minimum Gasteiger partial charge on any atom is -0.394 e. The molecule has 2 aromatic rings. The number of nitrogens with zero attached hydrogens (tertiary/aromatic N) is 3. The van der Waals surface area contributed by atoms with Gasteiger partial charge in [-0.3, -0.25) is 4.68 Å². The van der Waals surface area contributed by atoms with Gasteiger partial charge in [-0.15, -0.1) is 0 Å². The van der Waals surface area contributed by atoms with E-state index in [0.29, 0.717) is 0 Å². The maximum atomic E-state index is 12.6. The van der Waals surface area contributed by atoms with Crippen LogP contribution in [0.15, 0.2) is 16.9 Å². The van der Waals surface area contributed by atoms with Crippen molar-refractivity contribution in [3.8, 4) is 11.3 Å². The molecule has 0 aliphatic rings. The van der Waals surface area contributed by atoms with Crippen molar-refractivity contribution in [2.24, 2.45) is 7.05 Å². The Morgan fingerprint density at radius 2 is 2.27 bits per heavy atom. The second kappa shape index (κ2) is 3.34. The summed E-state index contributed by atoms with van der Waals surface area (Å²) in [5, 5.41) is 7.06. The van der Waals surface area contributed by atoms with E-state index in [0.717, 1.165) is 0 Å². The van der Waals surface area contributed by atoms with Crippen LogP contribution in [-0.4, -0.2) is 14.9 Å². The van der Waals surface area contributed by atoms with Crippen LogP contribution in [-0.2, 0) is 7.05 Å². The average molecular weight is 214 g/mol. The highest BCUT2D eigenvalue weighted by molar-refractivity contribution is 5.71. The first-order valence-electron chi connectivity index (χ1n) is 4.12. The molecule has 0 aliphatic heterocycles. The molecule has 2 rings (SSSR count). The normalized spacial score (nSPS) is 11.2. The van der Waals surface area contributed by atoms with Crippen LogP contribution >= 0.6 is 0 Å². The van der Waals surface area contributed by atoms with E-state index in [1.807, 2.05) is 0 Å². The summed E-state index contributed by atoms with van der Waals surface area (Å²) in [5.41, 5.74) is 5.53. The van der Waals surface area contributed by atoms with Gasteiger partial charge in [0.1, 0.15) is 11.4 Å². The number of hydrogen-bond donors (Lipinski definition) is 1. The molecule has 0 fully saturated rings. The zero-order chi connectivity index (χ0) is 11.0. The maximum Gasteiger partial charge on any atom is 0.282 e. The average Bonchev–Trinajstić information content (AvgIpc) is 2.71. The highest BCUT2D eigenvalue weighted by Gasteiger charge is 2.22. The van der Waals surface area contributed by atoms with Gasteiger partial charge in [0.15, 0.2) is 5.76 Å². The van der Waals surface area contributed by atoms with E-state index in [1.54, 1.807) is 7.05 Å². The fourth-order valence-electron chi connectivity index (χ4n) is 1.29. The van der Waals surface area contributed by atoms with Crippen molar-refractivity contribution in [1.29, 1.82) is 0 Å². The molecule has 0 spiro atoms. The van der Waals surface area contributed by atoms with Crippen molar-refractivity contribution in [1.82, 2.24) is 14.9 Å². The summed E-state index contributed by atoms with van der Waals surface area (Å²) in [6, 6.07) is 0. The van der Waals surface area contributed by atoms with Crippen molar-refractivity contribution >= 4 is 5.69 Å². The zero-order valence-corrected chi connectivity index (χ0v) is 7.82. The van der Waals surface area contributed by atoms with Gasteiger partial charge in [0.25, 0.3) is 6.43 Å². The third kappa shape index (κ3) is 1.56. The number of aryl methyl sites for hydroxylation is 1. The Balaban J connectivity index is 2.57. The first-order chi connectivity index (χ1) is 7.09. The summed E-state index contributed by atoms with van der Waals surface area (Å²) in [7, 11) is 1.54. The van der Waals surface area contributed by atoms with Gasteiger partial charge >= 0.3 is 0 Å². The third-order valence-corrected chi connectivity index (χ3v) is 1.91. The first kappa shape index (κ1) is 9.63. The van der Waals surface area contributed by atoms with Crippen molar-refractivity contribution in [3.63, 3.8) is 0 Å². The van der Waals surface area contributed by atoms with Crippen LogP contribution in [0, 0.1) is 0 Å². The summed E-state index contributed by atoms with van der Waals surface area (Å²) in [6.07, 6.45) is 0.00126. The quantitative estimate of drug-likeness (QED) is 0.824. The van der Waals surface area contributed by atoms with Crippen LogP contribution < -0.4 is 5.73 Å². The van der Waals surface area contributed by atoms with Crippen LogP contribution in [0.25, 0.3) is 11.3 Å². The minimum absolute atomic E-state index is 0.124. The second-order valence-electron chi connectivity index (χ2n) is 3.01. The van der Waals surface area contributed by atoms with Gasteiger partial charge in [0, 0.05) is 13.2 Å². The Hall–Kier alpha value is -1.92. The molecular weight excluding hydrogens is 206 g/mol. The number of hydrogen-bond acceptors (Lipinski definition) is 4. The summed E-state index contributed by atoms with van der Waals surface area (Å²) in [6.45, 7) is 0. The molecule has 2 heterocycles. The van der Waals surface area contributed by atoms with E-state index in [2.05, 4.69) is 10.3 Å². The Morgan fingerprint density at radius 1 is 1.53 bits per heavy atom. The fraction of sp³-hybridized carbons (Fsp3) is 0.250. The maximum absolute atomic E-state index is 12.6. The van der Waals surface area contributed by atoms with E-state index in [1.165, 1.54) is 17.1 Å². The van der Waals surface area contributed by atoms with E-state index < -0.39 is 6.43 Å². The van der Waals surface area contributed by atoms with Crippen LogP contribution in [0.4, 0.5) is 14.5 Å². The van der Waals surface area contributed by atoms with Crippen molar-refractivity contribution < 1.29 is 13.3 Å². The predicted molar refractivity (Wildman–Crippen MR) is 48.1 cm³/mol. The number of nitrogen functional groups attached to an aromatic ring is 1.